The number of carboxylic acid groups (broad SMARTS) is 2. The van der Waals surface area contributed by atoms with Crippen LogP contribution in [0.4, 0.5) is 0 Å². The van der Waals surface area contributed by atoms with Gasteiger partial charge in [0.15, 0.2) is 5.96 Å². The second-order valence-electron chi connectivity index (χ2n) is 8.13. The van der Waals surface area contributed by atoms with E-state index in [0.29, 0.717) is 25.8 Å². The Morgan fingerprint density at radius 3 is 1.97 bits per heavy atom. The van der Waals surface area contributed by atoms with Crippen LogP contribution < -0.4 is 38.9 Å². The van der Waals surface area contributed by atoms with Crippen molar-refractivity contribution >= 4 is 35.6 Å². The summed E-state index contributed by atoms with van der Waals surface area (Å²) in [5, 5.41) is 34.9. The molecular formula is C20H38N8O8. The van der Waals surface area contributed by atoms with Gasteiger partial charge >= 0.3 is 11.9 Å². The van der Waals surface area contributed by atoms with E-state index in [4.69, 9.17) is 28.0 Å². The Balaban J connectivity index is 5.51. The second-order valence-corrected chi connectivity index (χ2v) is 8.13. The number of carboxylic acids is 2. The third kappa shape index (κ3) is 13.4. The lowest BCUT2D eigenvalue weighted by molar-refractivity contribution is -0.147. The molecule has 3 amide bonds. The van der Waals surface area contributed by atoms with Crippen molar-refractivity contribution in [3.8, 4) is 0 Å². The zero-order valence-corrected chi connectivity index (χ0v) is 20.2. The van der Waals surface area contributed by atoms with Crippen molar-refractivity contribution in [1.29, 1.82) is 0 Å². The van der Waals surface area contributed by atoms with E-state index in [-0.39, 0.29) is 25.3 Å². The standard InChI is InChI=1S/C20H38N8O8/c1-10(29)15(28-16(32)11(22)5-2-3-7-21)18(34)26-12(6-4-8-25-20(23)24)17(33)27-13(19(35)36)9-14(30)31/h10-13,15,29H,2-9,21-22H2,1H3,(H,26,34)(H,27,33)(H,28,32)(H,30,31)(H,35,36)(H4,23,24,25). The summed E-state index contributed by atoms with van der Waals surface area (Å²) in [6.45, 7) is 1.74. The molecule has 0 saturated carbocycles. The molecule has 0 aromatic heterocycles. The molecule has 5 atom stereocenters. The Kier molecular flexibility index (Phi) is 15.4. The molecule has 0 spiro atoms. The van der Waals surface area contributed by atoms with Gasteiger partial charge in [-0.1, -0.05) is 6.42 Å². The number of nitrogens with one attached hydrogen (secondary N) is 3. The highest BCUT2D eigenvalue weighted by Crippen LogP contribution is 2.05. The fraction of sp³-hybridized carbons (Fsp3) is 0.700. The maximum atomic E-state index is 12.9. The van der Waals surface area contributed by atoms with Crippen molar-refractivity contribution in [3.05, 3.63) is 0 Å². The largest absolute Gasteiger partial charge is 0.481 e. The average molecular weight is 519 g/mol. The van der Waals surface area contributed by atoms with E-state index in [0.717, 1.165) is 0 Å². The zero-order chi connectivity index (χ0) is 27.8. The zero-order valence-electron chi connectivity index (χ0n) is 20.2. The summed E-state index contributed by atoms with van der Waals surface area (Å²) in [5.41, 5.74) is 21.7. The highest BCUT2D eigenvalue weighted by molar-refractivity contribution is 5.94. The first-order chi connectivity index (χ1) is 16.8. The number of aliphatic carboxylic acids is 2. The van der Waals surface area contributed by atoms with E-state index in [1.807, 2.05) is 0 Å². The number of aliphatic imine (C=N–C) groups is 1. The summed E-state index contributed by atoms with van der Waals surface area (Å²) < 4.78 is 0. The van der Waals surface area contributed by atoms with Gasteiger partial charge in [0.05, 0.1) is 18.6 Å². The normalized spacial score (nSPS) is 14.9. The SMILES string of the molecule is CC(O)C(NC(=O)C(N)CCCCN)C(=O)NC(CCCN=C(N)N)C(=O)NC(CC(=O)O)C(=O)O. The van der Waals surface area contributed by atoms with Crippen LogP contribution in [0.2, 0.25) is 0 Å². The molecule has 14 N–H and O–H groups in total. The van der Waals surface area contributed by atoms with Gasteiger partial charge in [-0.2, -0.15) is 0 Å². The van der Waals surface area contributed by atoms with Crippen molar-refractivity contribution in [3.63, 3.8) is 0 Å². The number of unbranched alkanes of at least 4 members (excludes halogenated alkanes) is 1. The van der Waals surface area contributed by atoms with E-state index < -0.39 is 66.4 Å². The highest BCUT2D eigenvalue weighted by Gasteiger charge is 2.32. The molecule has 0 bridgehead atoms. The number of hydrogen-bond acceptors (Lipinski definition) is 9. The summed E-state index contributed by atoms with van der Waals surface area (Å²) in [4.78, 5) is 63.9. The van der Waals surface area contributed by atoms with Gasteiger partial charge < -0.3 is 54.2 Å². The predicted molar refractivity (Wildman–Crippen MR) is 128 cm³/mol. The lowest BCUT2D eigenvalue weighted by Gasteiger charge is -2.26. The van der Waals surface area contributed by atoms with Crippen molar-refractivity contribution in [2.24, 2.45) is 27.9 Å². The summed E-state index contributed by atoms with van der Waals surface area (Å²) in [6, 6.07) is -5.57. The molecule has 0 rings (SSSR count). The van der Waals surface area contributed by atoms with Gasteiger partial charge in [0.25, 0.3) is 0 Å². The van der Waals surface area contributed by atoms with Crippen LogP contribution in [-0.2, 0) is 24.0 Å². The fourth-order valence-electron chi connectivity index (χ4n) is 2.99. The number of carbonyl (C=O) groups is 5. The van der Waals surface area contributed by atoms with Crippen molar-refractivity contribution in [2.45, 2.75) is 75.7 Å². The monoisotopic (exact) mass is 518 g/mol. The number of carbonyl (C=O) groups excluding carboxylic acids is 3. The molecular weight excluding hydrogens is 480 g/mol. The summed E-state index contributed by atoms with van der Waals surface area (Å²) in [5.74, 6) is -5.89. The van der Waals surface area contributed by atoms with Gasteiger partial charge in [0.1, 0.15) is 18.1 Å². The first kappa shape index (κ1) is 32.5. The molecule has 36 heavy (non-hydrogen) atoms. The number of nitrogens with zero attached hydrogens (tertiary/aromatic N) is 1. The van der Waals surface area contributed by atoms with Gasteiger partial charge in [-0.3, -0.25) is 24.2 Å². The number of guanidine groups is 1. The van der Waals surface area contributed by atoms with E-state index in [2.05, 4.69) is 20.9 Å². The number of rotatable bonds is 18. The summed E-state index contributed by atoms with van der Waals surface area (Å²) in [7, 11) is 0. The number of amides is 3. The van der Waals surface area contributed by atoms with Crippen LogP contribution >= 0.6 is 0 Å². The Morgan fingerprint density at radius 1 is 0.861 bits per heavy atom. The Hall–Kier alpha value is -3.50. The molecule has 5 unspecified atom stereocenters. The quantitative estimate of drug-likeness (QED) is 0.0470. The molecule has 0 saturated heterocycles. The molecule has 0 aliphatic carbocycles. The number of hydrogen-bond donors (Lipinski definition) is 10. The minimum absolute atomic E-state index is 0.0765. The van der Waals surface area contributed by atoms with Crippen molar-refractivity contribution < 1.29 is 39.3 Å². The molecule has 0 radical (unpaired) electrons. The fourth-order valence-corrected chi connectivity index (χ4v) is 2.99. The van der Waals surface area contributed by atoms with E-state index >= 15 is 0 Å². The van der Waals surface area contributed by atoms with Gasteiger partial charge in [-0.05, 0) is 39.2 Å². The Bertz CT molecular complexity index is 788. The molecule has 16 heteroatoms. The molecule has 0 aromatic rings. The van der Waals surface area contributed by atoms with Crippen molar-refractivity contribution in [2.75, 3.05) is 13.1 Å². The smallest absolute Gasteiger partial charge is 0.326 e. The van der Waals surface area contributed by atoms with Crippen LogP contribution in [-0.4, -0.2) is 94.3 Å². The molecule has 0 fully saturated rings. The summed E-state index contributed by atoms with van der Waals surface area (Å²) in [6.07, 6.45) is -0.656. The van der Waals surface area contributed by atoms with Gasteiger partial charge in [-0.25, -0.2) is 4.79 Å². The maximum Gasteiger partial charge on any atom is 0.326 e. The van der Waals surface area contributed by atoms with Crippen LogP contribution in [0.25, 0.3) is 0 Å². The van der Waals surface area contributed by atoms with Crippen LogP contribution in [0.5, 0.6) is 0 Å². The van der Waals surface area contributed by atoms with Gasteiger partial charge in [0, 0.05) is 6.54 Å². The van der Waals surface area contributed by atoms with E-state index in [9.17, 15) is 34.2 Å². The lowest BCUT2D eigenvalue weighted by atomic mass is 10.1. The average Bonchev–Trinajstić information content (AvgIpc) is 2.77. The third-order valence-electron chi connectivity index (χ3n) is 4.94. The molecule has 0 aliphatic heterocycles. The summed E-state index contributed by atoms with van der Waals surface area (Å²) >= 11 is 0. The van der Waals surface area contributed by atoms with Crippen LogP contribution in [0.3, 0.4) is 0 Å². The van der Waals surface area contributed by atoms with Crippen LogP contribution in [0, 0.1) is 0 Å². The molecule has 206 valence electrons. The number of nitrogens with two attached hydrogens (primary N) is 4. The highest BCUT2D eigenvalue weighted by atomic mass is 16.4. The number of aliphatic hydroxyl groups is 1. The first-order valence-electron chi connectivity index (χ1n) is 11.3. The molecule has 0 heterocycles. The maximum absolute atomic E-state index is 12.9. The molecule has 0 aliphatic rings. The number of aliphatic hydroxyl groups excluding tert-OH is 1. The third-order valence-corrected chi connectivity index (χ3v) is 4.94. The minimum Gasteiger partial charge on any atom is -0.481 e. The van der Waals surface area contributed by atoms with E-state index in [1.165, 1.54) is 6.92 Å². The van der Waals surface area contributed by atoms with Gasteiger partial charge in [-0.15, -0.1) is 0 Å². The molecule has 0 aromatic carbocycles. The Labute approximate surface area is 208 Å². The van der Waals surface area contributed by atoms with Crippen molar-refractivity contribution in [1.82, 2.24) is 16.0 Å². The van der Waals surface area contributed by atoms with Gasteiger partial charge in [0.2, 0.25) is 17.7 Å². The van der Waals surface area contributed by atoms with Crippen LogP contribution in [0.1, 0.15) is 45.4 Å². The predicted octanol–water partition coefficient (Wildman–Crippen LogP) is -4.11. The molecule has 16 nitrogen and oxygen atoms in total. The first-order valence-corrected chi connectivity index (χ1v) is 11.3. The topological polar surface area (TPSA) is 299 Å². The Morgan fingerprint density at radius 2 is 1.47 bits per heavy atom. The second kappa shape index (κ2) is 17.0. The van der Waals surface area contributed by atoms with E-state index in [1.54, 1.807) is 0 Å². The lowest BCUT2D eigenvalue weighted by Crippen LogP contribution is -2.59. The van der Waals surface area contributed by atoms with Crippen LogP contribution in [0.15, 0.2) is 4.99 Å². The minimum atomic E-state index is -1.76.